The van der Waals surface area contributed by atoms with Crippen LogP contribution in [0.2, 0.25) is 0 Å². The van der Waals surface area contributed by atoms with E-state index in [-0.39, 0.29) is 11.7 Å². The average Bonchev–Trinajstić information content (AvgIpc) is 2.60. The molecule has 0 fully saturated rings. The fourth-order valence-corrected chi connectivity index (χ4v) is 2.44. The van der Waals surface area contributed by atoms with E-state index < -0.39 is 23.6 Å². The summed E-state index contributed by atoms with van der Waals surface area (Å²) in [5.41, 5.74) is 0.947. The van der Waals surface area contributed by atoms with Crippen LogP contribution in [0.3, 0.4) is 0 Å². The molecule has 1 atom stereocenters. The minimum absolute atomic E-state index is 0.148. The lowest BCUT2D eigenvalue weighted by Gasteiger charge is -2.19. The first kappa shape index (κ1) is 21.2. The maximum atomic E-state index is 13.8. The molecule has 0 bridgehead atoms. The summed E-state index contributed by atoms with van der Waals surface area (Å²) in [6, 6.07) is 10.5. The van der Waals surface area contributed by atoms with Crippen LogP contribution in [0.15, 0.2) is 42.5 Å². The highest BCUT2D eigenvalue weighted by Crippen LogP contribution is 2.22. The van der Waals surface area contributed by atoms with Gasteiger partial charge in [0.2, 0.25) is 0 Å². The van der Waals surface area contributed by atoms with E-state index in [2.05, 4.69) is 10.6 Å². The molecule has 0 radical (unpaired) electrons. The summed E-state index contributed by atoms with van der Waals surface area (Å²) >= 11 is 0. The topological polar surface area (TPSA) is 76.7 Å². The molecule has 0 aromatic heterocycles. The zero-order chi connectivity index (χ0) is 20.9. The lowest BCUT2D eigenvalue weighted by molar-refractivity contribution is 0.0635. The van der Waals surface area contributed by atoms with Crippen molar-refractivity contribution >= 4 is 17.7 Å². The Labute approximate surface area is 164 Å². The van der Waals surface area contributed by atoms with Crippen molar-refractivity contribution in [3.63, 3.8) is 0 Å². The summed E-state index contributed by atoms with van der Waals surface area (Å²) in [6.07, 6.45) is -0.570. The van der Waals surface area contributed by atoms with Crippen LogP contribution >= 0.6 is 0 Å². The van der Waals surface area contributed by atoms with E-state index in [0.717, 1.165) is 0 Å². The SMILES string of the molecule is COc1ccc([C@H](C)NC(=O)c2ccc(NC(=O)OC(C)(C)C)cc2)cc1F. The van der Waals surface area contributed by atoms with Crippen LogP contribution in [-0.2, 0) is 4.74 Å². The predicted molar refractivity (Wildman–Crippen MR) is 105 cm³/mol. The summed E-state index contributed by atoms with van der Waals surface area (Å²) in [7, 11) is 1.39. The van der Waals surface area contributed by atoms with E-state index >= 15 is 0 Å². The van der Waals surface area contributed by atoms with Crippen LogP contribution in [0, 0.1) is 5.82 Å². The molecule has 0 saturated heterocycles. The minimum atomic E-state index is -0.596. The molecule has 0 saturated carbocycles. The number of carbonyl (C=O) groups is 2. The van der Waals surface area contributed by atoms with Gasteiger partial charge in [0.25, 0.3) is 5.91 Å². The third-order valence-electron chi connectivity index (χ3n) is 3.82. The molecule has 0 aliphatic rings. The van der Waals surface area contributed by atoms with Gasteiger partial charge in [0.15, 0.2) is 11.6 Å². The molecule has 0 spiro atoms. The molecular formula is C21H25FN2O4. The van der Waals surface area contributed by atoms with E-state index in [1.165, 1.54) is 19.2 Å². The molecule has 2 amide bonds. The van der Waals surface area contributed by atoms with Gasteiger partial charge < -0.3 is 14.8 Å². The quantitative estimate of drug-likeness (QED) is 0.780. The van der Waals surface area contributed by atoms with Crippen LogP contribution in [0.25, 0.3) is 0 Å². The van der Waals surface area contributed by atoms with Crippen molar-refractivity contribution in [1.82, 2.24) is 5.32 Å². The second-order valence-electron chi connectivity index (χ2n) is 7.29. The summed E-state index contributed by atoms with van der Waals surface area (Å²) in [5, 5.41) is 5.41. The van der Waals surface area contributed by atoms with Crippen molar-refractivity contribution in [3.8, 4) is 5.75 Å². The lowest BCUT2D eigenvalue weighted by atomic mass is 10.1. The first-order valence-corrected chi connectivity index (χ1v) is 8.83. The van der Waals surface area contributed by atoms with Crippen LogP contribution in [0.1, 0.15) is 49.7 Å². The van der Waals surface area contributed by atoms with Crippen LogP contribution in [0.4, 0.5) is 14.9 Å². The Bertz CT molecular complexity index is 844. The van der Waals surface area contributed by atoms with Gasteiger partial charge in [0.1, 0.15) is 5.60 Å². The third-order valence-corrected chi connectivity index (χ3v) is 3.82. The van der Waals surface area contributed by atoms with Crippen LogP contribution < -0.4 is 15.4 Å². The molecule has 0 aliphatic heterocycles. The Morgan fingerprint density at radius 1 is 1.07 bits per heavy atom. The minimum Gasteiger partial charge on any atom is -0.494 e. The van der Waals surface area contributed by atoms with E-state index in [9.17, 15) is 14.0 Å². The molecule has 7 heteroatoms. The summed E-state index contributed by atoms with van der Waals surface area (Å²) in [4.78, 5) is 24.2. The summed E-state index contributed by atoms with van der Waals surface area (Å²) in [5.74, 6) is -0.651. The first-order valence-electron chi connectivity index (χ1n) is 8.83. The number of amides is 2. The zero-order valence-corrected chi connectivity index (χ0v) is 16.6. The van der Waals surface area contributed by atoms with Crippen LogP contribution in [0.5, 0.6) is 5.75 Å². The number of carbonyl (C=O) groups excluding carboxylic acids is 2. The van der Waals surface area contributed by atoms with Gasteiger partial charge in [-0.15, -0.1) is 0 Å². The Hall–Kier alpha value is -3.09. The number of nitrogens with one attached hydrogen (secondary N) is 2. The number of hydrogen-bond donors (Lipinski definition) is 2. The van der Waals surface area contributed by atoms with E-state index in [1.54, 1.807) is 58.0 Å². The average molecular weight is 388 g/mol. The van der Waals surface area contributed by atoms with E-state index in [4.69, 9.17) is 9.47 Å². The molecule has 2 rings (SSSR count). The lowest BCUT2D eigenvalue weighted by Crippen LogP contribution is -2.27. The second kappa shape index (κ2) is 8.73. The highest BCUT2D eigenvalue weighted by Gasteiger charge is 2.17. The Morgan fingerprint density at radius 3 is 2.25 bits per heavy atom. The number of rotatable bonds is 5. The van der Waals surface area contributed by atoms with Gasteiger partial charge in [0.05, 0.1) is 13.2 Å². The fraction of sp³-hybridized carbons (Fsp3) is 0.333. The number of methoxy groups -OCH3 is 1. The number of anilines is 1. The van der Waals surface area contributed by atoms with Crippen molar-refractivity contribution in [1.29, 1.82) is 0 Å². The van der Waals surface area contributed by atoms with Crippen molar-refractivity contribution in [3.05, 3.63) is 59.4 Å². The Balaban J connectivity index is 1.99. The number of ether oxygens (including phenoxy) is 2. The van der Waals surface area contributed by atoms with Gasteiger partial charge in [-0.25, -0.2) is 9.18 Å². The fourth-order valence-electron chi connectivity index (χ4n) is 2.44. The summed E-state index contributed by atoms with van der Waals surface area (Å²) < 4.78 is 23.9. The molecule has 2 aromatic rings. The second-order valence-corrected chi connectivity index (χ2v) is 7.29. The van der Waals surface area contributed by atoms with Crippen molar-refractivity contribution in [2.24, 2.45) is 0 Å². The molecule has 0 heterocycles. The third kappa shape index (κ3) is 5.97. The predicted octanol–water partition coefficient (Wildman–Crippen LogP) is 4.67. The molecule has 2 aromatic carbocycles. The van der Waals surface area contributed by atoms with Gasteiger partial charge >= 0.3 is 6.09 Å². The number of hydrogen-bond acceptors (Lipinski definition) is 4. The highest BCUT2D eigenvalue weighted by molar-refractivity contribution is 5.95. The van der Waals surface area contributed by atoms with Crippen molar-refractivity contribution in [2.75, 3.05) is 12.4 Å². The maximum Gasteiger partial charge on any atom is 0.412 e. The van der Waals surface area contributed by atoms with Gasteiger partial charge in [0, 0.05) is 11.3 Å². The number of halogens is 1. The molecule has 2 N–H and O–H groups in total. The molecule has 0 aliphatic carbocycles. The maximum absolute atomic E-state index is 13.8. The van der Waals surface area contributed by atoms with Crippen molar-refractivity contribution in [2.45, 2.75) is 39.3 Å². The van der Waals surface area contributed by atoms with Gasteiger partial charge in [-0.3, -0.25) is 10.1 Å². The molecule has 0 unspecified atom stereocenters. The Kier molecular flexibility index (Phi) is 6.62. The van der Waals surface area contributed by atoms with Crippen LogP contribution in [-0.4, -0.2) is 24.7 Å². The number of benzene rings is 2. The zero-order valence-electron chi connectivity index (χ0n) is 16.6. The standard InChI is InChI=1S/C21H25FN2O4/c1-13(15-8-11-18(27-5)17(22)12-15)23-19(25)14-6-9-16(10-7-14)24-20(26)28-21(2,3)4/h6-13H,1-5H3,(H,23,25)(H,24,26)/t13-/m0/s1. The smallest absolute Gasteiger partial charge is 0.412 e. The Morgan fingerprint density at radius 2 is 1.71 bits per heavy atom. The normalized spacial score (nSPS) is 12.1. The molecular weight excluding hydrogens is 363 g/mol. The van der Waals surface area contributed by atoms with Gasteiger partial charge in [-0.05, 0) is 69.7 Å². The van der Waals surface area contributed by atoms with Crippen molar-refractivity contribution < 1.29 is 23.5 Å². The van der Waals surface area contributed by atoms with Gasteiger partial charge in [-0.2, -0.15) is 0 Å². The first-order chi connectivity index (χ1) is 13.1. The molecule has 28 heavy (non-hydrogen) atoms. The molecule has 6 nitrogen and oxygen atoms in total. The van der Waals surface area contributed by atoms with E-state index in [0.29, 0.717) is 16.8 Å². The highest BCUT2D eigenvalue weighted by atomic mass is 19.1. The van der Waals surface area contributed by atoms with Gasteiger partial charge in [-0.1, -0.05) is 6.07 Å². The monoisotopic (exact) mass is 388 g/mol. The largest absolute Gasteiger partial charge is 0.494 e. The van der Waals surface area contributed by atoms with E-state index in [1.807, 2.05) is 0 Å². The summed E-state index contributed by atoms with van der Waals surface area (Å²) in [6.45, 7) is 7.08. The molecule has 150 valence electrons.